The van der Waals surface area contributed by atoms with E-state index in [-0.39, 0.29) is 12.3 Å². The van der Waals surface area contributed by atoms with Crippen LogP contribution < -0.4 is 25.0 Å². The molecule has 2 amide bonds. The normalized spacial score (nSPS) is 11.6. The Morgan fingerprint density at radius 2 is 1.65 bits per heavy atom. The van der Waals surface area contributed by atoms with Gasteiger partial charge in [0.15, 0.2) is 11.5 Å². The second kappa shape index (κ2) is 13.7. The molecule has 0 heterocycles. The van der Waals surface area contributed by atoms with E-state index in [1.54, 1.807) is 32.2 Å². The largest absolute Gasteiger partial charge is 0.497 e. The van der Waals surface area contributed by atoms with Crippen molar-refractivity contribution in [2.45, 2.75) is 39.8 Å². The minimum atomic E-state index is -0.751. The molecule has 3 rings (SSSR count). The lowest BCUT2D eigenvalue weighted by Crippen LogP contribution is -2.43. The number of hydrogen-bond acceptors (Lipinski definition) is 6. The Bertz CT molecular complexity index is 1210. The van der Waals surface area contributed by atoms with Crippen molar-refractivity contribution in [2.24, 2.45) is 5.10 Å². The van der Waals surface area contributed by atoms with E-state index < -0.39 is 11.9 Å². The highest BCUT2D eigenvalue weighted by molar-refractivity contribution is 5.89. The first kappa shape index (κ1) is 27.3. The van der Waals surface area contributed by atoms with Gasteiger partial charge in [0.1, 0.15) is 18.4 Å². The number of methoxy groups -OCH3 is 1. The van der Waals surface area contributed by atoms with Gasteiger partial charge >= 0.3 is 0 Å². The number of benzene rings is 3. The molecular weight excluding hydrogens is 470 g/mol. The van der Waals surface area contributed by atoms with Gasteiger partial charge in [-0.05, 0) is 67.8 Å². The number of hydrazone groups is 1. The highest BCUT2D eigenvalue weighted by Crippen LogP contribution is 2.29. The van der Waals surface area contributed by atoms with E-state index in [1.165, 1.54) is 11.8 Å². The molecule has 37 heavy (non-hydrogen) atoms. The zero-order valence-corrected chi connectivity index (χ0v) is 21.6. The third kappa shape index (κ3) is 8.68. The molecule has 0 saturated carbocycles. The van der Waals surface area contributed by atoms with Gasteiger partial charge in [-0.3, -0.25) is 9.59 Å². The number of rotatable bonds is 12. The molecule has 2 N–H and O–H groups in total. The van der Waals surface area contributed by atoms with Crippen molar-refractivity contribution in [1.82, 2.24) is 10.7 Å². The summed E-state index contributed by atoms with van der Waals surface area (Å²) in [6, 6.07) is 20.0. The Hall–Kier alpha value is -4.33. The minimum Gasteiger partial charge on any atom is -0.497 e. The molecular formula is C29H33N3O5. The number of ether oxygens (including phenoxy) is 3. The molecule has 0 spiro atoms. The molecule has 1 unspecified atom stereocenters. The number of amides is 2. The van der Waals surface area contributed by atoms with Gasteiger partial charge in [0.2, 0.25) is 5.91 Å². The van der Waals surface area contributed by atoms with Crippen LogP contribution in [0.5, 0.6) is 17.2 Å². The van der Waals surface area contributed by atoms with Gasteiger partial charge in [-0.25, -0.2) is 5.43 Å². The zero-order chi connectivity index (χ0) is 26.6. The smallest absolute Gasteiger partial charge is 0.262 e. The number of carbonyl (C=O) groups excluding carboxylic acids is 2. The summed E-state index contributed by atoms with van der Waals surface area (Å²) in [7, 11) is 1.58. The molecule has 3 aromatic carbocycles. The van der Waals surface area contributed by atoms with E-state index in [1.807, 2.05) is 62.4 Å². The maximum Gasteiger partial charge on any atom is 0.262 e. The average molecular weight is 504 g/mol. The van der Waals surface area contributed by atoms with E-state index in [0.717, 1.165) is 16.7 Å². The molecule has 0 aromatic heterocycles. The predicted octanol–water partition coefficient (Wildman–Crippen LogP) is 4.18. The second-order valence-electron chi connectivity index (χ2n) is 8.46. The van der Waals surface area contributed by atoms with Gasteiger partial charge in [0.05, 0.1) is 26.4 Å². The van der Waals surface area contributed by atoms with Crippen LogP contribution in [0.3, 0.4) is 0 Å². The van der Waals surface area contributed by atoms with Crippen LogP contribution in [0.15, 0.2) is 71.8 Å². The number of aryl methyl sites for hydroxylation is 1. The SMILES string of the molecule is CCOc1cc(C=NNC(=O)C(C)NC(=O)Cc2ccc(OC)cc2)ccc1OCc1ccc(C)cc1. The lowest BCUT2D eigenvalue weighted by atomic mass is 10.1. The van der Waals surface area contributed by atoms with Gasteiger partial charge in [-0.2, -0.15) is 5.10 Å². The Labute approximate surface area is 217 Å². The number of nitrogens with zero attached hydrogens (tertiary/aromatic N) is 1. The molecule has 194 valence electrons. The van der Waals surface area contributed by atoms with Gasteiger partial charge in [0.25, 0.3) is 5.91 Å². The summed E-state index contributed by atoms with van der Waals surface area (Å²) in [6.07, 6.45) is 1.67. The van der Waals surface area contributed by atoms with Crippen LogP contribution in [0.25, 0.3) is 0 Å². The van der Waals surface area contributed by atoms with Crippen LogP contribution in [0, 0.1) is 6.92 Å². The van der Waals surface area contributed by atoms with E-state index >= 15 is 0 Å². The van der Waals surface area contributed by atoms with Gasteiger partial charge < -0.3 is 19.5 Å². The predicted molar refractivity (Wildman–Crippen MR) is 143 cm³/mol. The highest BCUT2D eigenvalue weighted by Gasteiger charge is 2.15. The molecule has 1 atom stereocenters. The van der Waals surface area contributed by atoms with Crippen LogP contribution in [0.1, 0.15) is 36.1 Å². The first-order valence-electron chi connectivity index (χ1n) is 12.1. The van der Waals surface area contributed by atoms with E-state index in [4.69, 9.17) is 14.2 Å². The van der Waals surface area contributed by atoms with Crippen molar-refractivity contribution in [1.29, 1.82) is 0 Å². The summed E-state index contributed by atoms with van der Waals surface area (Å²) in [6.45, 7) is 6.44. The van der Waals surface area contributed by atoms with Crippen molar-refractivity contribution in [2.75, 3.05) is 13.7 Å². The summed E-state index contributed by atoms with van der Waals surface area (Å²) in [5.74, 6) is 1.23. The maximum absolute atomic E-state index is 12.4. The van der Waals surface area contributed by atoms with E-state index in [9.17, 15) is 9.59 Å². The van der Waals surface area contributed by atoms with Crippen LogP contribution >= 0.6 is 0 Å². The molecule has 0 bridgehead atoms. The van der Waals surface area contributed by atoms with Gasteiger partial charge in [-0.1, -0.05) is 42.0 Å². The summed E-state index contributed by atoms with van der Waals surface area (Å²) >= 11 is 0. The number of carbonyl (C=O) groups is 2. The lowest BCUT2D eigenvalue weighted by Gasteiger charge is -2.13. The molecule has 8 nitrogen and oxygen atoms in total. The van der Waals surface area contributed by atoms with E-state index in [2.05, 4.69) is 15.8 Å². The Kier molecular flexibility index (Phi) is 10.1. The monoisotopic (exact) mass is 503 g/mol. The molecule has 8 heteroatoms. The topological polar surface area (TPSA) is 98.2 Å². The average Bonchev–Trinajstić information content (AvgIpc) is 2.89. The fraction of sp³-hybridized carbons (Fsp3) is 0.276. The third-order valence-electron chi connectivity index (χ3n) is 5.47. The van der Waals surface area contributed by atoms with Crippen LogP contribution in [0.4, 0.5) is 0 Å². The summed E-state index contributed by atoms with van der Waals surface area (Å²) in [5, 5.41) is 6.70. The molecule has 3 aromatic rings. The highest BCUT2D eigenvalue weighted by atomic mass is 16.5. The molecule has 0 fully saturated rings. The minimum absolute atomic E-state index is 0.156. The van der Waals surface area contributed by atoms with Crippen molar-refractivity contribution >= 4 is 18.0 Å². The summed E-state index contributed by atoms with van der Waals surface area (Å²) < 4.78 is 16.8. The molecule has 0 aliphatic carbocycles. The molecule has 0 aliphatic rings. The zero-order valence-electron chi connectivity index (χ0n) is 21.6. The number of nitrogens with one attached hydrogen (secondary N) is 2. The summed E-state index contributed by atoms with van der Waals surface area (Å²) in [4.78, 5) is 24.6. The fourth-order valence-electron chi connectivity index (χ4n) is 3.39. The van der Waals surface area contributed by atoms with Crippen molar-refractivity contribution in [3.8, 4) is 17.2 Å². The molecule has 0 saturated heterocycles. The molecule has 0 aliphatic heterocycles. The maximum atomic E-state index is 12.4. The first-order chi connectivity index (χ1) is 17.9. The molecule has 0 radical (unpaired) electrons. The Morgan fingerprint density at radius 1 is 0.946 bits per heavy atom. The van der Waals surface area contributed by atoms with Crippen molar-refractivity contribution < 1.29 is 23.8 Å². The fourth-order valence-corrected chi connectivity index (χ4v) is 3.39. The standard InChI is InChI=1S/C29H33N3O5/c1-5-36-27-16-24(12-15-26(27)37-19-23-8-6-20(2)7-9-23)18-30-32-29(34)21(3)31-28(33)17-22-10-13-25(35-4)14-11-22/h6-16,18,21H,5,17,19H2,1-4H3,(H,31,33)(H,32,34). The van der Waals surface area contributed by atoms with Crippen LogP contribution in [-0.2, 0) is 22.6 Å². The lowest BCUT2D eigenvalue weighted by molar-refractivity contribution is -0.128. The van der Waals surface area contributed by atoms with Crippen LogP contribution in [0.2, 0.25) is 0 Å². The van der Waals surface area contributed by atoms with E-state index in [0.29, 0.717) is 30.5 Å². The van der Waals surface area contributed by atoms with Gasteiger partial charge in [0, 0.05) is 0 Å². The number of hydrogen-bond donors (Lipinski definition) is 2. The quantitative estimate of drug-likeness (QED) is 0.285. The third-order valence-corrected chi connectivity index (χ3v) is 5.47. The van der Waals surface area contributed by atoms with Crippen LogP contribution in [-0.4, -0.2) is 37.8 Å². The van der Waals surface area contributed by atoms with Crippen molar-refractivity contribution in [3.05, 3.63) is 89.0 Å². The van der Waals surface area contributed by atoms with Gasteiger partial charge in [-0.15, -0.1) is 0 Å². The van der Waals surface area contributed by atoms with Crippen molar-refractivity contribution in [3.63, 3.8) is 0 Å². The summed E-state index contributed by atoms with van der Waals surface area (Å²) in [5.41, 5.74) is 6.26. The first-order valence-corrected chi connectivity index (χ1v) is 12.1. The Morgan fingerprint density at radius 3 is 2.32 bits per heavy atom. The Balaban J connectivity index is 1.51. The second-order valence-corrected chi connectivity index (χ2v) is 8.46.